The lowest BCUT2D eigenvalue weighted by Crippen LogP contribution is -2.42. The number of anilines is 1. The zero-order valence-corrected chi connectivity index (χ0v) is 15.9. The van der Waals surface area contributed by atoms with Gasteiger partial charge in [-0.15, -0.1) is 0 Å². The molecule has 0 spiro atoms. The highest BCUT2D eigenvalue weighted by Crippen LogP contribution is 2.41. The standard InChI is InChI=1S/C20H24N2O2S/c1-13-5-7-14(8-6-13)21-19(25)22-17-12-20(2,3)24-18-10-9-15(23-4)11-16(17)18/h5-11,17H,12H2,1-4H3,(H2,21,22,25). The lowest BCUT2D eigenvalue weighted by Gasteiger charge is -2.38. The number of thiocarbonyl (C=S) groups is 1. The van der Waals surface area contributed by atoms with Crippen molar-refractivity contribution in [1.29, 1.82) is 0 Å². The quantitative estimate of drug-likeness (QED) is 0.787. The van der Waals surface area contributed by atoms with Crippen molar-refractivity contribution < 1.29 is 9.47 Å². The van der Waals surface area contributed by atoms with E-state index in [0.29, 0.717) is 5.11 Å². The highest BCUT2D eigenvalue weighted by molar-refractivity contribution is 7.80. The Morgan fingerprint density at radius 2 is 1.92 bits per heavy atom. The maximum Gasteiger partial charge on any atom is 0.171 e. The van der Waals surface area contributed by atoms with Gasteiger partial charge < -0.3 is 20.1 Å². The van der Waals surface area contributed by atoms with Crippen molar-refractivity contribution in [2.75, 3.05) is 12.4 Å². The Labute approximate surface area is 154 Å². The summed E-state index contributed by atoms with van der Waals surface area (Å²) < 4.78 is 11.5. The number of hydrogen-bond donors (Lipinski definition) is 2. The molecule has 2 aromatic carbocycles. The second kappa shape index (κ2) is 6.92. The molecule has 25 heavy (non-hydrogen) atoms. The summed E-state index contributed by atoms with van der Waals surface area (Å²) in [5.41, 5.74) is 2.99. The molecular weight excluding hydrogens is 332 g/mol. The number of aryl methyl sites for hydroxylation is 1. The van der Waals surface area contributed by atoms with E-state index < -0.39 is 0 Å². The van der Waals surface area contributed by atoms with Crippen molar-refractivity contribution in [2.24, 2.45) is 0 Å². The molecular formula is C20H24N2O2S. The summed E-state index contributed by atoms with van der Waals surface area (Å²) in [5, 5.41) is 7.28. The first-order valence-corrected chi connectivity index (χ1v) is 8.78. The van der Waals surface area contributed by atoms with E-state index >= 15 is 0 Å². The molecule has 1 atom stereocenters. The molecule has 4 nitrogen and oxygen atoms in total. The monoisotopic (exact) mass is 356 g/mol. The molecule has 2 aromatic rings. The van der Waals surface area contributed by atoms with Gasteiger partial charge in [-0.05, 0) is 63.3 Å². The van der Waals surface area contributed by atoms with Crippen LogP contribution in [-0.4, -0.2) is 17.8 Å². The Morgan fingerprint density at radius 3 is 2.60 bits per heavy atom. The van der Waals surface area contributed by atoms with Gasteiger partial charge in [0, 0.05) is 17.7 Å². The highest BCUT2D eigenvalue weighted by atomic mass is 32.1. The number of nitrogens with one attached hydrogen (secondary N) is 2. The summed E-state index contributed by atoms with van der Waals surface area (Å²) in [6.07, 6.45) is 0.808. The average Bonchev–Trinajstić information content (AvgIpc) is 2.55. The smallest absolute Gasteiger partial charge is 0.171 e. The van der Waals surface area contributed by atoms with Crippen molar-refractivity contribution in [3.63, 3.8) is 0 Å². The predicted molar refractivity (Wildman–Crippen MR) is 106 cm³/mol. The molecule has 0 saturated heterocycles. The summed E-state index contributed by atoms with van der Waals surface area (Å²) in [6, 6.07) is 14.1. The van der Waals surface area contributed by atoms with Crippen molar-refractivity contribution in [2.45, 2.75) is 38.8 Å². The fourth-order valence-corrected chi connectivity index (χ4v) is 3.31. The van der Waals surface area contributed by atoms with Crippen LogP contribution < -0.4 is 20.1 Å². The number of benzene rings is 2. The van der Waals surface area contributed by atoms with Crippen LogP contribution in [0.1, 0.15) is 37.4 Å². The summed E-state index contributed by atoms with van der Waals surface area (Å²) in [6.45, 7) is 6.24. The van der Waals surface area contributed by atoms with Gasteiger partial charge in [0.25, 0.3) is 0 Å². The first-order chi connectivity index (χ1) is 11.9. The van der Waals surface area contributed by atoms with Crippen LogP contribution in [0.4, 0.5) is 5.69 Å². The summed E-state index contributed by atoms with van der Waals surface area (Å²) in [7, 11) is 1.67. The first kappa shape index (κ1) is 17.5. The lowest BCUT2D eigenvalue weighted by molar-refractivity contribution is 0.0695. The SMILES string of the molecule is COc1ccc2c(c1)C(NC(=S)Nc1ccc(C)cc1)CC(C)(C)O2. The summed E-state index contributed by atoms with van der Waals surface area (Å²) in [4.78, 5) is 0. The molecule has 0 bridgehead atoms. The van der Waals surface area contributed by atoms with E-state index in [9.17, 15) is 0 Å². The molecule has 0 aromatic heterocycles. The van der Waals surface area contributed by atoms with Crippen LogP contribution in [0.5, 0.6) is 11.5 Å². The normalized spacial score (nSPS) is 17.8. The number of fused-ring (bicyclic) bond motifs is 1. The van der Waals surface area contributed by atoms with Gasteiger partial charge in [0.2, 0.25) is 0 Å². The minimum atomic E-state index is -0.265. The van der Waals surface area contributed by atoms with Gasteiger partial charge >= 0.3 is 0 Å². The molecule has 132 valence electrons. The number of hydrogen-bond acceptors (Lipinski definition) is 3. The molecule has 5 heteroatoms. The maximum atomic E-state index is 6.10. The Hall–Kier alpha value is -2.27. The molecule has 0 amide bonds. The highest BCUT2D eigenvalue weighted by Gasteiger charge is 2.34. The van der Waals surface area contributed by atoms with Crippen molar-refractivity contribution in [3.8, 4) is 11.5 Å². The van der Waals surface area contributed by atoms with Crippen LogP contribution in [0.25, 0.3) is 0 Å². The Bertz CT molecular complexity index is 772. The van der Waals surface area contributed by atoms with E-state index in [0.717, 1.165) is 29.2 Å². The molecule has 1 heterocycles. The third-order valence-electron chi connectivity index (χ3n) is 4.29. The summed E-state index contributed by atoms with van der Waals surface area (Å²) in [5.74, 6) is 1.68. The van der Waals surface area contributed by atoms with E-state index in [4.69, 9.17) is 21.7 Å². The van der Waals surface area contributed by atoms with Crippen molar-refractivity contribution in [3.05, 3.63) is 53.6 Å². The van der Waals surface area contributed by atoms with E-state index in [1.54, 1.807) is 7.11 Å². The van der Waals surface area contributed by atoms with Crippen LogP contribution in [-0.2, 0) is 0 Å². The van der Waals surface area contributed by atoms with Crippen LogP contribution in [0.3, 0.4) is 0 Å². The van der Waals surface area contributed by atoms with Gasteiger partial charge in [-0.25, -0.2) is 0 Å². The van der Waals surface area contributed by atoms with Gasteiger partial charge in [0.05, 0.1) is 13.2 Å². The molecule has 0 fully saturated rings. The molecule has 0 radical (unpaired) electrons. The molecule has 0 aliphatic carbocycles. The van der Waals surface area contributed by atoms with Crippen LogP contribution in [0, 0.1) is 6.92 Å². The number of methoxy groups -OCH3 is 1. The molecule has 2 N–H and O–H groups in total. The van der Waals surface area contributed by atoms with Gasteiger partial charge in [-0.1, -0.05) is 17.7 Å². The van der Waals surface area contributed by atoms with E-state index in [2.05, 4.69) is 43.5 Å². The number of rotatable bonds is 3. The molecule has 1 aliphatic heterocycles. The molecule has 1 aliphatic rings. The minimum Gasteiger partial charge on any atom is -0.497 e. The zero-order valence-electron chi connectivity index (χ0n) is 15.1. The molecule has 3 rings (SSSR count). The average molecular weight is 356 g/mol. The lowest BCUT2D eigenvalue weighted by atomic mass is 9.89. The van der Waals surface area contributed by atoms with Gasteiger partial charge in [0.15, 0.2) is 5.11 Å². The molecule has 0 saturated carbocycles. The van der Waals surface area contributed by atoms with Crippen LogP contribution in [0.15, 0.2) is 42.5 Å². The van der Waals surface area contributed by atoms with Gasteiger partial charge in [0.1, 0.15) is 17.1 Å². The Balaban J connectivity index is 1.79. The first-order valence-electron chi connectivity index (χ1n) is 8.37. The van der Waals surface area contributed by atoms with E-state index in [-0.39, 0.29) is 11.6 Å². The van der Waals surface area contributed by atoms with Crippen LogP contribution in [0.2, 0.25) is 0 Å². The Kier molecular flexibility index (Phi) is 4.86. The second-order valence-corrected chi connectivity index (χ2v) is 7.39. The fourth-order valence-electron chi connectivity index (χ4n) is 3.05. The number of ether oxygens (including phenoxy) is 2. The second-order valence-electron chi connectivity index (χ2n) is 6.99. The van der Waals surface area contributed by atoms with Gasteiger partial charge in [-0.2, -0.15) is 0 Å². The van der Waals surface area contributed by atoms with Crippen molar-refractivity contribution in [1.82, 2.24) is 5.32 Å². The third-order valence-corrected chi connectivity index (χ3v) is 4.51. The third kappa shape index (κ3) is 4.23. The molecule has 1 unspecified atom stereocenters. The fraction of sp³-hybridized carbons (Fsp3) is 0.350. The topological polar surface area (TPSA) is 42.5 Å². The largest absolute Gasteiger partial charge is 0.497 e. The van der Waals surface area contributed by atoms with Crippen LogP contribution >= 0.6 is 12.2 Å². The zero-order chi connectivity index (χ0) is 18.0. The maximum absolute atomic E-state index is 6.10. The van der Waals surface area contributed by atoms with Crippen molar-refractivity contribution >= 4 is 23.0 Å². The van der Waals surface area contributed by atoms with E-state index in [1.807, 2.05) is 30.3 Å². The predicted octanol–water partition coefficient (Wildman–Crippen LogP) is 4.59. The van der Waals surface area contributed by atoms with E-state index in [1.165, 1.54) is 5.56 Å². The Morgan fingerprint density at radius 1 is 1.20 bits per heavy atom. The summed E-state index contributed by atoms with van der Waals surface area (Å²) >= 11 is 5.52. The minimum absolute atomic E-state index is 0.0549. The van der Waals surface area contributed by atoms with Gasteiger partial charge in [-0.3, -0.25) is 0 Å².